The zero-order valence-electron chi connectivity index (χ0n) is 22.9. The topological polar surface area (TPSA) is 0 Å². The van der Waals surface area contributed by atoms with Crippen molar-refractivity contribution in [2.24, 2.45) is 0 Å². The van der Waals surface area contributed by atoms with Crippen LogP contribution in [0, 0.1) is 25.0 Å². The third kappa shape index (κ3) is 21.9. The van der Waals surface area contributed by atoms with Crippen molar-refractivity contribution in [3.8, 4) is 0 Å². The van der Waals surface area contributed by atoms with E-state index in [-0.39, 0.29) is 77.2 Å². The quantitative estimate of drug-likeness (QED) is 0.242. The molecule has 0 atom stereocenters. The van der Waals surface area contributed by atoms with E-state index in [1.165, 1.54) is 21.5 Å². The van der Waals surface area contributed by atoms with E-state index in [4.69, 9.17) is 0 Å². The predicted molar refractivity (Wildman–Crippen MR) is 154 cm³/mol. The maximum absolute atomic E-state index is 2.99. The van der Waals surface area contributed by atoms with Gasteiger partial charge in [0.05, 0.1) is 0 Å². The molecule has 38 heavy (non-hydrogen) atoms. The summed E-state index contributed by atoms with van der Waals surface area (Å²) in [5, 5.41) is 5.32. The first kappa shape index (κ1) is 44.0. The summed E-state index contributed by atoms with van der Waals surface area (Å²) in [7, 11) is 0. The van der Waals surface area contributed by atoms with Crippen LogP contribution in [0.25, 0.3) is 21.5 Å². The molecule has 4 aromatic rings. The van der Waals surface area contributed by atoms with Gasteiger partial charge in [-0.2, -0.15) is 74.9 Å². The molecule has 0 spiro atoms. The Morgan fingerprint density at radius 1 is 0.579 bits per heavy atom. The van der Waals surface area contributed by atoms with Crippen LogP contribution in [0.3, 0.4) is 0 Å². The maximum atomic E-state index is 2.99. The Bertz CT molecular complexity index is 947. The number of rotatable bonds is 0. The number of allylic oxidation sites excluding steroid dienone is 8. The molecule has 0 bridgehead atoms. The molecule has 4 heteroatoms. The molecule has 0 aromatic heterocycles. The van der Waals surface area contributed by atoms with E-state index in [2.05, 4.69) is 109 Å². The fourth-order valence-corrected chi connectivity index (χ4v) is 2.82. The predicted octanol–water partition coefficient (Wildman–Crippen LogP) is 4.19. The van der Waals surface area contributed by atoms with E-state index in [9.17, 15) is 0 Å². The van der Waals surface area contributed by atoms with Crippen molar-refractivity contribution < 1.29 is 77.2 Å². The fraction of sp³-hybridized carbons (Fsp3) is 0.176. The molecule has 0 amide bonds. The maximum Gasteiger partial charge on any atom is 3.00 e. The van der Waals surface area contributed by atoms with Crippen molar-refractivity contribution in [2.75, 3.05) is 0 Å². The molecule has 0 heterocycles. The second-order valence-electron chi connectivity index (χ2n) is 7.47. The van der Waals surface area contributed by atoms with Crippen LogP contribution < -0.4 is 24.8 Å². The number of benzene rings is 2. The molecule has 2 aliphatic carbocycles. The number of hydrogen-bond donors (Lipinski definition) is 0. The number of halogens is 2. The molecule has 0 N–H and O–H groups in total. The van der Waals surface area contributed by atoms with Crippen molar-refractivity contribution in [1.29, 1.82) is 0 Å². The first-order valence-corrected chi connectivity index (χ1v) is 11.9. The fourth-order valence-electron chi connectivity index (χ4n) is 2.82. The van der Waals surface area contributed by atoms with Crippen LogP contribution in [-0.4, -0.2) is 0 Å². The summed E-state index contributed by atoms with van der Waals surface area (Å²) in [5.74, 6) is 0. The molecule has 2 aliphatic rings. The monoisotopic (exact) mass is 696 g/mol. The first-order chi connectivity index (χ1) is 16.8. The summed E-state index contributed by atoms with van der Waals surface area (Å²) in [6.45, 7) is 8.00. The van der Waals surface area contributed by atoms with Gasteiger partial charge >= 0.3 is 52.4 Å². The third-order valence-electron chi connectivity index (χ3n) is 4.27. The van der Waals surface area contributed by atoms with Crippen LogP contribution in [0.2, 0.25) is 0 Å². The smallest absolute Gasteiger partial charge is 1.00 e. The molecule has 0 aliphatic heterocycles. The van der Waals surface area contributed by atoms with Crippen LogP contribution in [0.1, 0.15) is 40.5 Å². The summed E-state index contributed by atoms with van der Waals surface area (Å²) in [6.07, 6.45) is 24.0. The zero-order valence-corrected chi connectivity index (χ0v) is 29.3. The largest absolute Gasteiger partial charge is 3.00 e. The van der Waals surface area contributed by atoms with E-state index >= 15 is 0 Å². The molecule has 0 fully saturated rings. The van der Waals surface area contributed by atoms with Crippen molar-refractivity contribution >= 4 is 21.5 Å². The molecule has 0 saturated carbocycles. The second kappa shape index (κ2) is 32.2. The van der Waals surface area contributed by atoms with Gasteiger partial charge in [0.15, 0.2) is 0 Å². The zero-order chi connectivity index (χ0) is 24.7. The molecular formula is C34H38Cl2Zr2-2. The Hall–Kier alpha value is -1.03. The van der Waals surface area contributed by atoms with Crippen LogP contribution >= 0.6 is 0 Å². The Balaban J connectivity index is -0.000000188. The van der Waals surface area contributed by atoms with Gasteiger partial charge < -0.3 is 37.7 Å². The van der Waals surface area contributed by atoms with Gasteiger partial charge in [-0.05, 0) is 0 Å². The minimum atomic E-state index is 0. The van der Waals surface area contributed by atoms with E-state index in [1.807, 2.05) is 64.8 Å². The van der Waals surface area contributed by atoms with Crippen molar-refractivity contribution in [3.63, 3.8) is 0 Å². The average molecular weight is 700 g/mol. The van der Waals surface area contributed by atoms with Crippen molar-refractivity contribution in [2.45, 2.75) is 40.5 Å². The van der Waals surface area contributed by atoms with E-state index in [0.717, 1.165) is 12.8 Å². The van der Waals surface area contributed by atoms with Crippen LogP contribution in [0.4, 0.5) is 0 Å². The standard InChI is InChI=1S/2C9H7.2C5H5.2C3H7.2ClH.2Zr/c2*1-2-5-9-7-3-6-8(9)4-1;2*1-2-4-5-3-1;2*1-3-2;;;;/h2*1-7H;2*1-3H,4H2;2*3H,1-2H3;2*1H;;/q6*-1;;;2*+3/p-2. The summed E-state index contributed by atoms with van der Waals surface area (Å²) in [4.78, 5) is 0. The van der Waals surface area contributed by atoms with Crippen LogP contribution in [0.5, 0.6) is 0 Å². The number of fused-ring (bicyclic) bond motifs is 2. The average Bonchev–Trinajstić information content (AvgIpc) is 3.70. The van der Waals surface area contributed by atoms with E-state index < -0.39 is 0 Å². The molecule has 2 radical (unpaired) electrons. The first-order valence-electron chi connectivity index (χ1n) is 11.9. The van der Waals surface area contributed by atoms with Gasteiger partial charge in [0.2, 0.25) is 0 Å². The summed E-state index contributed by atoms with van der Waals surface area (Å²) in [5.41, 5.74) is 0. The third-order valence-corrected chi connectivity index (χ3v) is 4.27. The van der Waals surface area contributed by atoms with Gasteiger partial charge in [0.25, 0.3) is 0 Å². The van der Waals surface area contributed by atoms with Gasteiger partial charge in [-0.25, -0.2) is 24.3 Å². The Morgan fingerprint density at radius 2 is 0.921 bits per heavy atom. The minimum Gasteiger partial charge on any atom is -1.00 e. The summed E-state index contributed by atoms with van der Waals surface area (Å²) in [6, 6.07) is 29.3. The van der Waals surface area contributed by atoms with Crippen LogP contribution in [-0.2, 0) is 52.4 Å². The van der Waals surface area contributed by atoms with Gasteiger partial charge in [0, 0.05) is 0 Å². The SMILES string of the molecule is C[CH-]C.C[CH-]C.[C-]1=CC=CC1.[C-]1=CC=CC1.[Cl-].[Cl-].[Zr+3].[Zr+3].c1ccc2[cH-]ccc2c1.c1ccc2[cH-]ccc2c1. The van der Waals surface area contributed by atoms with Gasteiger partial charge in [0.1, 0.15) is 0 Å². The molecule has 4 aromatic carbocycles. The second-order valence-corrected chi connectivity index (χ2v) is 7.47. The Labute approximate surface area is 283 Å². The summed E-state index contributed by atoms with van der Waals surface area (Å²) < 4.78 is 0. The molecule has 0 saturated heterocycles. The van der Waals surface area contributed by atoms with Gasteiger partial charge in [-0.1, -0.05) is 12.1 Å². The van der Waals surface area contributed by atoms with Crippen LogP contribution in [0.15, 0.2) is 121 Å². The van der Waals surface area contributed by atoms with E-state index in [0.29, 0.717) is 0 Å². The van der Waals surface area contributed by atoms with Crippen molar-refractivity contribution in [1.82, 2.24) is 0 Å². The van der Waals surface area contributed by atoms with Gasteiger partial charge in [-0.15, -0.1) is 72.1 Å². The molecule has 0 unspecified atom stereocenters. The molecular weight excluding hydrogens is 662 g/mol. The Morgan fingerprint density at radius 3 is 1.16 bits per heavy atom. The number of hydrogen-bond acceptors (Lipinski definition) is 0. The Kier molecular flexibility index (Phi) is 37.3. The molecule has 6 rings (SSSR count). The summed E-state index contributed by atoms with van der Waals surface area (Å²) >= 11 is 0. The van der Waals surface area contributed by atoms with Gasteiger partial charge in [-0.3, -0.25) is 12.2 Å². The minimum absolute atomic E-state index is 0. The van der Waals surface area contributed by atoms with Crippen molar-refractivity contribution in [3.05, 3.63) is 146 Å². The normalized spacial score (nSPS) is 10.4. The van der Waals surface area contributed by atoms with E-state index in [1.54, 1.807) is 0 Å². The molecule has 0 nitrogen and oxygen atoms in total. The molecule has 198 valence electrons.